The van der Waals surface area contributed by atoms with Crippen LogP contribution >= 0.6 is 11.6 Å². The first kappa shape index (κ1) is 15.3. The molecule has 0 fully saturated rings. The Hall–Kier alpha value is -2.09. The average molecular weight is 314 g/mol. The zero-order valence-electron chi connectivity index (χ0n) is 11.9. The van der Waals surface area contributed by atoms with Crippen LogP contribution in [0.25, 0.3) is 0 Å². The van der Waals surface area contributed by atoms with Crippen LogP contribution in [-0.2, 0) is 14.9 Å². The van der Waals surface area contributed by atoms with Gasteiger partial charge in [-0.05, 0) is 0 Å². The summed E-state index contributed by atoms with van der Waals surface area (Å²) < 4.78 is 4.73. The van der Waals surface area contributed by atoms with Crippen LogP contribution in [0.3, 0.4) is 0 Å². The highest BCUT2D eigenvalue weighted by molar-refractivity contribution is 6.33. The van der Waals surface area contributed by atoms with Crippen molar-refractivity contribution in [1.29, 1.82) is 0 Å². The molecule has 4 N–H and O–H groups in total. The van der Waals surface area contributed by atoms with E-state index < -0.39 is 18.1 Å². The lowest BCUT2D eigenvalue weighted by Crippen LogP contribution is -2.37. The van der Waals surface area contributed by atoms with E-state index >= 15 is 0 Å². The van der Waals surface area contributed by atoms with Gasteiger partial charge in [0.2, 0.25) is 0 Å². The van der Waals surface area contributed by atoms with Crippen LogP contribution in [0.1, 0.15) is 26.6 Å². The van der Waals surface area contributed by atoms with Gasteiger partial charge in [0.25, 0.3) is 5.91 Å². The number of nitrogens with zero attached hydrogens (tertiary/aromatic N) is 2. The van der Waals surface area contributed by atoms with E-state index in [2.05, 4.69) is 20.6 Å². The van der Waals surface area contributed by atoms with E-state index in [0.29, 0.717) is 11.6 Å². The minimum Gasteiger partial charge on any atom is -0.434 e. The monoisotopic (exact) mass is 313 g/mol. The number of primary amides is 1. The van der Waals surface area contributed by atoms with E-state index in [1.807, 2.05) is 20.8 Å². The highest BCUT2D eigenvalue weighted by Crippen LogP contribution is 2.32. The molecular weight excluding hydrogens is 298 g/mol. The summed E-state index contributed by atoms with van der Waals surface area (Å²) >= 11 is 6.11. The van der Waals surface area contributed by atoms with Crippen molar-refractivity contribution < 1.29 is 14.3 Å². The molecule has 9 heteroatoms. The Morgan fingerprint density at radius 2 is 2.10 bits per heavy atom. The molecule has 114 valence electrons. The molecule has 1 aromatic rings. The summed E-state index contributed by atoms with van der Waals surface area (Å²) in [5.41, 5.74) is 4.88. The summed E-state index contributed by atoms with van der Waals surface area (Å²) in [6.07, 6.45) is -2.10. The lowest BCUT2D eigenvalue weighted by molar-refractivity contribution is -0.123. The van der Waals surface area contributed by atoms with Crippen LogP contribution in [0.4, 0.5) is 16.3 Å². The maximum absolute atomic E-state index is 11.9. The Morgan fingerprint density at radius 3 is 2.67 bits per heavy atom. The summed E-state index contributed by atoms with van der Waals surface area (Å²) in [6, 6.07) is 0. The van der Waals surface area contributed by atoms with Crippen molar-refractivity contribution in [2.24, 2.45) is 5.73 Å². The number of anilines is 2. The maximum atomic E-state index is 11.9. The highest BCUT2D eigenvalue weighted by Gasteiger charge is 2.30. The number of amides is 2. The van der Waals surface area contributed by atoms with Gasteiger partial charge in [-0.15, -0.1) is 0 Å². The molecule has 1 aromatic heterocycles. The molecule has 2 heterocycles. The zero-order valence-corrected chi connectivity index (χ0v) is 12.6. The third-order valence-corrected chi connectivity index (χ3v) is 3.06. The molecule has 2 amide bonds. The van der Waals surface area contributed by atoms with Gasteiger partial charge in [0.15, 0.2) is 17.1 Å². The molecule has 0 spiro atoms. The minimum absolute atomic E-state index is 0.0404. The molecule has 1 atom stereocenters. The van der Waals surface area contributed by atoms with E-state index in [-0.39, 0.29) is 22.8 Å². The Kier molecular flexibility index (Phi) is 3.91. The summed E-state index contributed by atoms with van der Waals surface area (Å²) in [4.78, 5) is 31.3. The molecule has 0 saturated heterocycles. The van der Waals surface area contributed by atoms with Crippen molar-refractivity contribution in [3.8, 4) is 0 Å². The van der Waals surface area contributed by atoms with E-state index in [1.54, 1.807) is 0 Å². The van der Waals surface area contributed by atoms with Gasteiger partial charge in [-0.2, -0.15) is 0 Å². The largest absolute Gasteiger partial charge is 0.434 e. The molecule has 0 unspecified atom stereocenters. The maximum Gasteiger partial charge on any atom is 0.405 e. The van der Waals surface area contributed by atoms with Gasteiger partial charge < -0.3 is 21.1 Å². The van der Waals surface area contributed by atoms with Crippen molar-refractivity contribution in [1.82, 2.24) is 9.97 Å². The van der Waals surface area contributed by atoms with Crippen LogP contribution < -0.4 is 16.4 Å². The number of hydrogen-bond donors (Lipinski definition) is 3. The molecule has 2 rings (SSSR count). The lowest BCUT2D eigenvalue weighted by Gasteiger charge is -2.19. The first-order valence-electron chi connectivity index (χ1n) is 6.27. The molecule has 0 bridgehead atoms. The van der Waals surface area contributed by atoms with Crippen molar-refractivity contribution in [2.75, 3.05) is 17.2 Å². The fraction of sp³-hybridized carbons (Fsp3) is 0.500. The van der Waals surface area contributed by atoms with Crippen molar-refractivity contribution in [3.05, 3.63) is 11.0 Å². The van der Waals surface area contributed by atoms with Gasteiger partial charge in [-0.3, -0.25) is 4.79 Å². The predicted molar refractivity (Wildman–Crippen MR) is 77.3 cm³/mol. The second-order valence-electron chi connectivity index (χ2n) is 5.61. The number of rotatable bonds is 1. The number of ether oxygens (including phenoxy) is 1. The van der Waals surface area contributed by atoms with Crippen LogP contribution in [0.2, 0.25) is 5.15 Å². The fourth-order valence-corrected chi connectivity index (χ4v) is 1.95. The van der Waals surface area contributed by atoms with E-state index in [0.717, 1.165) is 0 Å². The Labute approximate surface area is 126 Å². The number of fused-ring (bicyclic) bond motifs is 1. The van der Waals surface area contributed by atoms with E-state index in [4.69, 9.17) is 22.1 Å². The smallest absolute Gasteiger partial charge is 0.405 e. The molecule has 1 aliphatic rings. The number of halogens is 1. The number of nitrogens with one attached hydrogen (secondary N) is 2. The van der Waals surface area contributed by atoms with Crippen LogP contribution in [0.15, 0.2) is 0 Å². The molecule has 1 aliphatic heterocycles. The molecule has 0 aliphatic carbocycles. The topological polar surface area (TPSA) is 119 Å². The van der Waals surface area contributed by atoms with Gasteiger partial charge in [-0.1, -0.05) is 32.4 Å². The Morgan fingerprint density at radius 1 is 1.43 bits per heavy atom. The normalized spacial score (nSPS) is 18.1. The van der Waals surface area contributed by atoms with E-state index in [9.17, 15) is 9.59 Å². The molecule has 0 aromatic carbocycles. The summed E-state index contributed by atoms with van der Waals surface area (Å²) in [7, 11) is 0. The van der Waals surface area contributed by atoms with Gasteiger partial charge in [-0.25, -0.2) is 14.8 Å². The van der Waals surface area contributed by atoms with Crippen LogP contribution in [-0.4, -0.2) is 34.6 Å². The van der Waals surface area contributed by atoms with Gasteiger partial charge in [0.1, 0.15) is 11.5 Å². The summed E-state index contributed by atoms with van der Waals surface area (Å²) in [5.74, 6) is 0.361. The minimum atomic E-state index is -1.06. The van der Waals surface area contributed by atoms with Crippen molar-refractivity contribution in [3.63, 3.8) is 0 Å². The van der Waals surface area contributed by atoms with Gasteiger partial charge in [0, 0.05) is 5.41 Å². The molecular formula is C12H16ClN5O3. The average Bonchev–Trinajstić information content (AvgIpc) is 2.49. The number of nitrogens with two attached hydrogens (primary N) is 1. The number of carbonyl (C=O) groups is 2. The summed E-state index contributed by atoms with van der Waals surface area (Å²) in [6.45, 7) is 5.87. The molecule has 0 radical (unpaired) electrons. The molecule has 21 heavy (non-hydrogen) atoms. The summed E-state index contributed by atoms with van der Waals surface area (Å²) in [5, 5.41) is 5.56. The Balaban J connectivity index is 2.36. The second kappa shape index (κ2) is 5.36. The SMILES string of the molecule is CC(C)(C)c1nc(Cl)c2c(n1)NC[C@H](OC(N)=O)C(=O)N2. The lowest BCUT2D eigenvalue weighted by atomic mass is 9.96. The standard InChI is InChI=1S/C12H16ClN5O3/c1-12(2,3)10-17-7(13)6-8(18-10)15-4-5(9(19)16-6)21-11(14)20/h5H,4H2,1-3H3,(H2,14,20)(H,16,19)(H,15,17,18)/t5-/m0/s1. The number of hydrogen-bond acceptors (Lipinski definition) is 6. The third kappa shape index (κ3) is 3.33. The van der Waals surface area contributed by atoms with E-state index in [1.165, 1.54) is 0 Å². The van der Waals surface area contributed by atoms with Gasteiger partial charge >= 0.3 is 6.09 Å². The Bertz CT molecular complexity index is 599. The third-order valence-electron chi connectivity index (χ3n) is 2.79. The predicted octanol–water partition coefficient (Wildman–Crippen LogP) is 1.26. The highest BCUT2D eigenvalue weighted by atomic mass is 35.5. The van der Waals surface area contributed by atoms with Crippen LogP contribution in [0.5, 0.6) is 0 Å². The number of carbonyl (C=O) groups excluding carboxylic acids is 2. The van der Waals surface area contributed by atoms with Crippen LogP contribution in [0, 0.1) is 0 Å². The van der Waals surface area contributed by atoms with Crippen molar-refractivity contribution >= 4 is 35.1 Å². The number of aromatic nitrogens is 2. The first-order chi connectivity index (χ1) is 9.68. The first-order valence-corrected chi connectivity index (χ1v) is 6.65. The fourth-order valence-electron chi connectivity index (χ4n) is 1.73. The second-order valence-corrected chi connectivity index (χ2v) is 5.97. The van der Waals surface area contributed by atoms with Gasteiger partial charge in [0.05, 0.1) is 6.54 Å². The molecule has 8 nitrogen and oxygen atoms in total. The quantitative estimate of drug-likeness (QED) is 0.671. The molecule has 0 saturated carbocycles. The zero-order chi connectivity index (χ0) is 15.8. The van der Waals surface area contributed by atoms with Crippen molar-refractivity contribution in [2.45, 2.75) is 32.3 Å².